The maximum atomic E-state index is 6.10. The van der Waals surface area contributed by atoms with Crippen LogP contribution in [-0.4, -0.2) is 15.0 Å². The Morgan fingerprint density at radius 2 is 0.800 bits per heavy atom. The molecule has 11 aromatic rings. The Morgan fingerprint density at radius 3 is 1.55 bits per heavy atom. The first-order valence-corrected chi connectivity index (χ1v) is 18.5. The Balaban J connectivity index is 0.971. The van der Waals surface area contributed by atoms with Crippen molar-refractivity contribution >= 4 is 54.3 Å². The predicted octanol–water partition coefficient (Wildman–Crippen LogP) is 13.6. The lowest BCUT2D eigenvalue weighted by atomic mass is 9.89. The van der Waals surface area contributed by atoms with Gasteiger partial charge in [0.1, 0.15) is 11.2 Å². The molecule has 0 bridgehead atoms. The summed E-state index contributed by atoms with van der Waals surface area (Å²) in [5.41, 5.74) is 9.20. The molecule has 2 heterocycles. The second-order valence-electron chi connectivity index (χ2n) is 14.0. The van der Waals surface area contributed by atoms with E-state index in [4.69, 9.17) is 19.4 Å². The molecule has 0 unspecified atom stereocenters. The first-order valence-electron chi connectivity index (χ1n) is 18.5. The number of hydrogen-bond acceptors (Lipinski definition) is 4. The zero-order chi connectivity index (χ0) is 36.3. The van der Waals surface area contributed by atoms with E-state index < -0.39 is 0 Å². The Kier molecular flexibility index (Phi) is 7.14. The van der Waals surface area contributed by atoms with Crippen molar-refractivity contribution in [1.29, 1.82) is 0 Å². The molecule has 11 rings (SSSR count). The molecule has 0 atom stereocenters. The molecule has 0 fully saturated rings. The third-order valence-electron chi connectivity index (χ3n) is 10.7. The van der Waals surface area contributed by atoms with E-state index in [-0.39, 0.29) is 0 Å². The van der Waals surface area contributed by atoms with Crippen LogP contribution in [0.3, 0.4) is 0 Å². The van der Waals surface area contributed by atoms with E-state index in [1.54, 1.807) is 0 Å². The Labute approximate surface area is 317 Å². The predicted molar refractivity (Wildman–Crippen MR) is 227 cm³/mol. The number of rotatable bonds is 5. The molecule has 0 amide bonds. The lowest BCUT2D eigenvalue weighted by molar-refractivity contribution is 0.669. The first kappa shape index (κ1) is 31.1. The Bertz CT molecular complexity index is 3240. The lowest BCUT2D eigenvalue weighted by Gasteiger charge is -2.14. The van der Waals surface area contributed by atoms with Crippen LogP contribution in [0.15, 0.2) is 192 Å². The van der Waals surface area contributed by atoms with E-state index in [2.05, 4.69) is 127 Å². The topological polar surface area (TPSA) is 51.8 Å². The minimum Gasteiger partial charge on any atom is -0.456 e. The minimum absolute atomic E-state index is 0.615. The highest BCUT2D eigenvalue weighted by Crippen LogP contribution is 2.40. The van der Waals surface area contributed by atoms with E-state index in [0.29, 0.717) is 17.5 Å². The highest BCUT2D eigenvalue weighted by molar-refractivity contribution is 6.20. The van der Waals surface area contributed by atoms with Crippen LogP contribution in [0, 0.1) is 0 Å². The fourth-order valence-electron chi connectivity index (χ4n) is 7.99. The van der Waals surface area contributed by atoms with Crippen LogP contribution in [0.4, 0.5) is 0 Å². The highest BCUT2D eigenvalue weighted by atomic mass is 16.3. The molecule has 9 aromatic carbocycles. The summed E-state index contributed by atoms with van der Waals surface area (Å²) in [6.07, 6.45) is 0. The van der Waals surface area contributed by atoms with Gasteiger partial charge in [0.25, 0.3) is 0 Å². The fraction of sp³-hybridized carbons (Fsp3) is 0. The minimum atomic E-state index is 0.615. The molecular weight excluding hydrogens is 671 g/mol. The van der Waals surface area contributed by atoms with Gasteiger partial charge >= 0.3 is 0 Å². The van der Waals surface area contributed by atoms with Gasteiger partial charge in [-0.1, -0.05) is 158 Å². The van der Waals surface area contributed by atoms with Crippen molar-refractivity contribution in [2.75, 3.05) is 0 Å². The molecule has 0 N–H and O–H groups in total. The second kappa shape index (κ2) is 12.6. The van der Waals surface area contributed by atoms with Crippen molar-refractivity contribution in [3.8, 4) is 56.4 Å². The quantitative estimate of drug-likeness (QED) is 0.132. The number of para-hydroxylation sites is 1. The molecule has 0 radical (unpaired) electrons. The van der Waals surface area contributed by atoms with Gasteiger partial charge in [0.2, 0.25) is 0 Å². The van der Waals surface area contributed by atoms with E-state index in [9.17, 15) is 0 Å². The monoisotopic (exact) mass is 701 g/mol. The van der Waals surface area contributed by atoms with E-state index in [0.717, 1.165) is 49.8 Å². The molecule has 0 saturated carbocycles. The van der Waals surface area contributed by atoms with Crippen LogP contribution >= 0.6 is 0 Å². The second-order valence-corrected chi connectivity index (χ2v) is 14.0. The summed E-state index contributed by atoms with van der Waals surface area (Å²) in [6.45, 7) is 0. The third kappa shape index (κ3) is 5.34. The number of benzene rings is 9. The summed E-state index contributed by atoms with van der Waals surface area (Å²) < 4.78 is 6.10. The van der Waals surface area contributed by atoms with Crippen molar-refractivity contribution in [2.45, 2.75) is 0 Å². The van der Waals surface area contributed by atoms with Crippen molar-refractivity contribution < 1.29 is 4.42 Å². The van der Waals surface area contributed by atoms with Crippen LogP contribution < -0.4 is 0 Å². The van der Waals surface area contributed by atoms with Crippen LogP contribution in [0.25, 0.3) is 111 Å². The zero-order valence-corrected chi connectivity index (χ0v) is 29.6. The smallest absolute Gasteiger partial charge is 0.164 e. The molecule has 0 saturated heterocycles. The van der Waals surface area contributed by atoms with Gasteiger partial charge in [-0.2, -0.15) is 0 Å². The molecule has 0 aliphatic rings. The zero-order valence-electron chi connectivity index (χ0n) is 29.6. The summed E-state index contributed by atoms with van der Waals surface area (Å²) in [5, 5.41) is 9.67. The van der Waals surface area contributed by atoms with Gasteiger partial charge in [-0.25, -0.2) is 15.0 Å². The Hall–Kier alpha value is -7.43. The molecule has 0 aliphatic carbocycles. The van der Waals surface area contributed by atoms with Crippen molar-refractivity contribution in [2.24, 2.45) is 0 Å². The standard InChI is InChI=1S/C51H31N3O/c1-2-11-36(12-3-1)49-52-50(54-51(53-49)39-27-29-47-45(31-39)42-16-8-9-17-46(42)55-47)37-24-20-33(21-25-37)32-18-22-35(23-19-32)48-41-15-7-5-13-38(41)30-44-40-14-6-4-10-34(40)26-28-43(44)48/h1-31H. The SMILES string of the molecule is c1ccc(-c2nc(-c3ccc(-c4ccc(-c5c6ccccc6cc6c5ccc5ccccc56)cc4)cc3)nc(-c3ccc4oc5ccccc5c4c3)n2)cc1. The fourth-order valence-corrected chi connectivity index (χ4v) is 7.99. The normalized spacial score (nSPS) is 11.6. The molecule has 4 heteroatoms. The van der Waals surface area contributed by atoms with Gasteiger partial charge in [0.15, 0.2) is 17.5 Å². The van der Waals surface area contributed by atoms with E-state index in [1.165, 1.54) is 43.4 Å². The van der Waals surface area contributed by atoms with Gasteiger partial charge < -0.3 is 4.42 Å². The summed E-state index contributed by atoms with van der Waals surface area (Å²) >= 11 is 0. The summed E-state index contributed by atoms with van der Waals surface area (Å²) in [5.74, 6) is 1.87. The van der Waals surface area contributed by atoms with Crippen LogP contribution in [-0.2, 0) is 0 Å². The average molecular weight is 702 g/mol. The molecule has 55 heavy (non-hydrogen) atoms. The van der Waals surface area contributed by atoms with Crippen LogP contribution in [0.5, 0.6) is 0 Å². The summed E-state index contributed by atoms with van der Waals surface area (Å²) in [4.78, 5) is 15.0. The molecular formula is C51H31N3O. The number of nitrogens with zero attached hydrogens (tertiary/aromatic N) is 3. The number of furan rings is 1. The molecule has 2 aromatic heterocycles. The molecule has 0 aliphatic heterocycles. The van der Waals surface area contributed by atoms with Gasteiger partial charge in [0, 0.05) is 27.5 Å². The Morgan fingerprint density at radius 1 is 0.273 bits per heavy atom. The lowest BCUT2D eigenvalue weighted by Crippen LogP contribution is -2.00. The third-order valence-corrected chi connectivity index (χ3v) is 10.7. The van der Waals surface area contributed by atoms with E-state index in [1.807, 2.05) is 60.7 Å². The van der Waals surface area contributed by atoms with Gasteiger partial charge in [-0.05, 0) is 84.9 Å². The van der Waals surface area contributed by atoms with Gasteiger partial charge in [-0.3, -0.25) is 0 Å². The number of aromatic nitrogens is 3. The molecule has 256 valence electrons. The maximum absolute atomic E-state index is 6.10. The van der Waals surface area contributed by atoms with Crippen molar-refractivity contribution in [3.05, 3.63) is 188 Å². The summed E-state index contributed by atoms with van der Waals surface area (Å²) in [6, 6.07) is 66.0. The van der Waals surface area contributed by atoms with Gasteiger partial charge in [-0.15, -0.1) is 0 Å². The van der Waals surface area contributed by atoms with Crippen molar-refractivity contribution in [1.82, 2.24) is 15.0 Å². The average Bonchev–Trinajstić information content (AvgIpc) is 3.64. The largest absolute Gasteiger partial charge is 0.456 e. The maximum Gasteiger partial charge on any atom is 0.164 e. The molecule has 0 spiro atoms. The highest BCUT2D eigenvalue weighted by Gasteiger charge is 2.16. The first-order chi connectivity index (χ1) is 27.2. The number of fused-ring (bicyclic) bond motifs is 7. The molecule has 4 nitrogen and oxygen atoms in total. The van der Waals surface area contributed by atoms with Gasteiger partial charge in [0.05, 0.1) is 0 Å². The van der Waals surface area contributed by atoms with Crippen LogP contribution in [0.2, 0.25) is 0 Å². The van der Waals surface area contributed by atoms with Crippen LogP contribution in [0.1, 0.15) is 0 Å². The van der Waals surface area contributed by atoms with Crippen molar-refractivity contribution in [3.63, 3.8) is 0 Å². The summed E-state index contributed by atoms with van der Waals surface area (Å²) in [7, 11) is 0. The van der Waals surface area contributed by atoms with E-state index >= 15 is 0 Å². The number of hydrogen-bond donors (Lipinski definition) is 0.